The van der Waals surface area contributed by atoms with E-state index < -0.39 is 0 Å². The van der Waals surface area contributed by atoms with Crippen LogP contribution in [0.15, 0.2) is 0 Å². The average Bonchev–Trinajstić information content (AvgIpc) is 2.21. The summed E-state index contributed by atoms with van der Waals surface area (Å²) in [5.74, 6) is -0.0819. The number of carbonyl (C=O) groups excluding carboxylic acids is 1. The predicted octanol–water partition coefficient (Wildman–Crippen LogP) is 4.10. The van der Waals surface area contributed by atoms with Crippen LogP contribution in [-0.2, 0) is 9.53 Å². The van der Waals surface area contributed by atoms with E-state index in [1.165, 1.54) is 38.5 Å². The van der Waals surface area contributed by atoms with Crippen molar-refractivity contribution in [2.75, 3.05) is 6.61 Å². The van der Waals surface area contributed by atoms with Crippen molar-refractivity contribution in [3.63, 3.8) is 0 Å². The molecule has 3 heteroatoms. The van der Waals surface area contributed by atoms with Crippen LogP contribution in [0.2, 0.25) is 0 Å². The molecule has 0 fully saturated rings. The fourth-order valence-electron chi connectivity index (χ4n) is 1.35. The minimum absolute atomic E-state index is 0.0212. The molecule has 1 atom stereocenters. The van der Waals surface area contributed by atoms with Crippen LogP contribution in [-0.4, -0.2) is 16.5 Å². The van der Waals surface area contributed by atoms with E-state index in [1.54, 1.807) is 0 Å². The maximum atomic E-state index is 11.1. The maximum Gasteiger partial charge on any atom is 0.318 e. The molecule has 0 aliphatic heterocycles. The highest BCUT2D eigenvalue weighted by Crippen LogP contribution is 2.07. The summed E-state index contributed by atoms with van der Waals surface area (Å²) in [5.41, 5.74) is 0. The molecular formula is C12H23IO2. The number of unbranched alkanes of at least 4 members (excludes halogenated alkanes) is 6. The Morgan fingerprint density at radius 1 is 1.13 bits per heavy atom. The second kappa shape index (κ2) is 10.7. The molecule has 0 aromatic carbocycles. The lowest BCUT2D eigenvalue weighted by Crippen LogP contribution is -2.14. The summed E-state index contributed by atoms with van der Waals surface area (Å²) in [7, 11) is 0. The van der Waals surface area contributed by atoms with Gasteiger partial charge in [-0.2, -0.15) is 0 Å². The van der Waals surface area contributed by atoms with E-state index in [9.17, 15) is 4.79 Å². The van der Waals surface area contributed by atoms with Gasteiger partial charge >= 0.3 is 5.97 Å². The van der Waals surface area contributed by atoms with Gasteiger partial charge < -0.3 is 4.74 Å². The average molecular weight is 326 g/mol. The van der Waals surface area contributed by atoms with Crippen molar-refractivity contribution in [3.8, 4) is 0 Å². The van der Waals surface area contributed by atoms with Crippen molar-refractivity contribution < 1.29 is 9.53 Å². The van der Waals surface area contributed by atoms with Gasteiger partial charge in [0.15, 0.2) is 0 Å². The molecule has 0 saturated heterocycles. The number of esters is 1. The zero-order valence-electron chi connectivity index (χ0n) is 9.93. The van der Waals surface area contributed by atoms with Crippen LogP contribution in [0.3, 0.4) is 0 Å². The van der Waals surface area contributed by atoms with Crippen molar-refractivity contribution in [1.82, 2.24) is 0 Å². The van der Waals surface area contributed by atoms with Gasteiger partial charge in [-0.1, -0.05) is 68.0 Å². The first-order valence-electron chi connectivity index (χ1n) is 5.99. The molecule has 0 amide bonds. The Balaban J connectivity index is 3.08. The Bertz CT molecular complexity index is 158. The van der Waals surface area contributed by atoms with E-state index >= 15 is 0 Å². The van der Waals surface area contributed by atoms with Gasteiger partial charge in [0.2, 0.25) is 0 Å². The lowest BCUT2D eigenvalue weighted by atomic mass is 10.1. The third-order valence-electron chi connectivity index (χ3n) is 2.32. The molecule has 0 aromatic rings. The number of halogens is 1. The Kier molecular flexibility index (Phi) is 10.9. The highest BCUT2D eigenvalue weighted by Gasteiger charge is 2.08. The summed E-state index contributed by atoms with van der Waals surface area (Å²) in [6.07, 6.45) is 8.79. The molecule has 0 aliphatic rings. The quantitative estimate of drug-likeness (QED) is 0.276. The Morgan fingerprint density at radius 3 is 2.20 bits per heavy atom. The van der Waals surface area contributed by atoms with Gasteiger partial charge in [0, 0.05) is 0 Å². The van der Waals surface area contributed by atoms with Gasteiger partial charge in [0.05, 0.1) is 6.61 Å². The van der Waals surface area contributed by atoms with Crippen LogP contribution in [0, 0.1) is 0 Å². The normalized spacial score (nSPS) is 12.5. The molecule has 0 bridgehead atoms. The predicted molar refractivity (Wildman–Crippen MR) is 72.4 cm³/mol. The third kappa shape index (κ3) is 10.5. The topological polar surface area (TPSA) is 26.3 Å². The van der Waals surface area contributed by atoms with E-state index in [4.69, 9.17) is 4.74 Å². The number of ether oxygens (including phenoxy) is 1. The molecule has 0 aliphatic carbocycles. The molecule has 0 radical (unpaired) electrons. The molecule has 15 heavy (non-hydrogen) atoms. The number of alkyl halides is 1. The highest BCUT2D eigenvalue weighted by molar-refractivity contribution is 14.1. The van der Waals surface area contributed by atoms with E-state index in [0.29, 0.717) is 6.61 Å². The molecule has 0 aromatic heterocycles. The standard InChI is InChI=1S/C12H23IO2/c1-3-4-5-6-7-8-9-10-15-12(14)11(2)13/h11H,3-10H2,1-2H3. The minimum atomic E-state index is -0.0819. The zero-order valence-corrected chi connectivity index (χ0v) is 12.1. The van der Waals surface area contributed by atoms with Crippen LogP contribution in [0.25, 0.3) is 0 Å². The number of carbonyl (C=O) groups is 1. The van der Waals surface area contributed by atoms with Crippen LogP contribution < -0.4 is 0 Å². The molecule has 0 saturated carbocycles. The fraction of sp³-hybridized carbons (Fsp3) is 0.917. The van der Waals surface area contributed by atoms with Crippen LogP contribution in [0.1, 0.15) is 58.8 Å². The summed E-state index contributed by atoms with van der Waals surface area (Å²) >= 11 is 2.08. The first kappa shape index (κ1) is 15.2. The van der Waals surface area contributed by atoms with Crippen molar-refractivity contribution in [3.05, 3.63) is 0 Å². The number of hydrogen-bond acceptors (Lipinski definition) is 2. The van der Waals surface area contributed by atoms with E-state index in [2.05, 4.69) is 29.5 Å². The van der Waals surface area contributed by atoms with Crippen LogP contribution in [0.5, 0.6) is 0 Å². The third-order valence-corrected chi connectivity index (χ3v) is 2.83. The number of hydrogen-bond donors (Lipinski definition) is 0. The summed E-state index contributed by atoms with van der Waals surface area (Å²) < 4.78 is 5.06. The van der Waals surface area contributed by atoms with Gasteiger partial charge in [-0.15, -0.1) is 0 Å². The Hall–Kier alpha value is 0.200. The fourth-order valence-corrected chi connectivity index (χ4v) is 1.53. The molecule has 0 N–H and O–H groups in total. The molecule has 0 rings (SSSR count). The van der Waals surface area contributed by atoms with Gasteiger partial charge in [-0.3, -0.25) is 4.79 Å². The van der Waals surface area contributed by atoms with E-state index in [1.807, 2.05) is 6.92 Å². The monoisotopic (exact) mass is 326 g/mol. The van der Waals surface area contributed by atoms with Gasteiger partial charge in [0.25, 0.3) is 0 Å². The van der Waals surface area contributed by atoms with E-state index in [0.717, 1.165) is 6.42 Å². The molecule has 90 valence electrons. The Labute approximate surface area is 107 Å². The summed E-state index contributed by atoms with van der Waals surface area (Å²) in [4.78, 5) is 11.1. The first-order valence-corrected chi connectivity index (χ1v) is 7.23. The maximum absolute atomic E-state index is 11.1. The second-order valence-electron chi connectivity index (χ2n) is 3.90. The first-order chi connectivity index (χ1) is 7.18. The van der Waals surface area contributed by atoms with Gasteiger partial charge in [0.1, 0.15) is 3.92 Å². The summed E-state index contributed by atoms with van der Waals surface area (Å²) in [6, 6.07) is 0. The van der Waals surface area contributed by atoms with Crippen molar-refractivity contribution >= 4 is 28.6 Å². The molecule has 0 spiro atoms. The van der Waals surface area contributed by atoms with Crippen molar-refractivity contribution in [2.24, 2.45) is 0 Å². The Morgan fingerprint density at radius 2 is 1.67 bits per heavy atom. The van der Waals surface area contributed by atoms with E-state index in [-0.39, 0.29) is 9.89 Å². The molecule has 0 heterocycles. The lowest BCUT2D eigenvalue weighted by Gasteiger charge is -2.05. The van der Waals surface area contributed by atoms with Crippen LogP contribution >= 0.6 is 22.6 Å². The SMILES string of the molecule is CCCCCCCCCOC(=O)C(C)I. The van der Waals surface area contributed by atoms with Crippen molar-refractivity contribution in [1.29, 1.82) is 0 Å². The molecule has 2 nitrogen and oxygen atoms in total. The highest BCUT2D eigenvalue weighted by atomic mass is 127. The second-order valence-corrected chi connectivity index (χ2v) is 5.77. The van der Waals surface area contributed by atoms with Crippen molar-refractivity contribution in [2.45, 2.75) is 62.7 Å². The van der Waals surface area contributed by atoms with Gasteiger partial charge in [-0.05, 0) is 13.3 Å². The zero-order chi connectivity index (χ0) is 11.5. The molecule has 1 unspecified atom stereocenters. The summed E-state index contributed by atoms with van der Waals surface area (Å²) in [5, 5.41) is 0. The van der Waals surface area contributed by atoms with Gasteiger partial charge in [-0.25, -0.2) is 0 Å². The largest absolute Gasteiger partial charge is 0.465 e. The summed E-state index contributed by atoms with van der Waals surface area (Å²) in [6.45, 7) is 4.68. The minimum Gasteiger partial charge on any atom is -0.465 e. The number of rotatable bonds is 9. The molecular weight excluding hydrogens is 303 g/mol. The lowest BCUT2D eigenvalue weighted by molar-refractivity contribution is -0.142. The smallest absolute Gasteiger partial charge is 0.318 e. The van der Waals surface area contributed by atoms with Crippen LogP contribution in [0.4, 0.5) is 0 Å².